The fraction of sp³-hybridized carbons (Fsp3) is 0.529. The summed E-state index contributed by atoms with van der Waals surface area (Å²) in [5.74, 6) is -1.20. The van der Waals surface area contributed by atoms with E-state index in [2.05, 4.69) is 10.2 Å². The number of anilines is 1. The van der Waals surface area contributed by atoms with Gasteiger partial charge >= 0.3 is 5.97 Å². The summed E-state index contributed by atoms with van der Waals surface area (Å²) in [6.45, 7) is 6.92. The highest BCUT2D eigenvalue weighted by Crippen LogP contribution is 2.15. The second-order valence-electron chi connectivity index (χ2n) is 6.32. The SMILES string of the molecule is Cc1cc(C)cc(NC(=O)C[C@H](C(=O)O)N2CCN(C)CC2)c1. The molecule has 0 aliphatic carbocycles. The number of hydrogen-bond acceptors (Lipinski definition) is 4. The predicted molar refractivity (Wildman–Crippen MR) is 89.7 cm³/mol. The smallest absolute Gasteiger partial charge is 0.321 e. The Morgan fingerprint density at radius 2 is 1.70 bits per heavy atom. The van der Waals surface area contributed by atoms with E-state index in [4.69, 9.17) is 0 Å². The summed E-state index contributed by atoms with van der Waals surface area (Å²) in [4.78, 5) is 27.8. The van der Waals surface area contributed by atoms with Crippen LogP contribution < -0.4 is 5.32 Å². The van der Waals surface area contributed by atoms with E-state index in [1.807, 2.05) is 44.0 Å². The molecule has 1 amide bonds. The molecule has 1 aromatic rings. The van der Waals surface area contributed by atoms with E-state index in [0.29, 0.717) is 13.1 Å². The summed E-state index contributed by atoms with van der Waals surface area (Å²) in [7, 11) is 2.01. The van der Waals surface area contributed by atoms with Gasteiger partial charge in [0.15, 0.2) is 0 Å². The van der Waals surface area contributed by atoms with E-state index in [-0.39, 0.29) is 12.3 Å². The van der Waals surface area contributed by atoms with E-state index >= 15 is 0 Å². The first-order chi connectivity index (χ1) is 10.8. The molecule has 1 aliphatic rings. The average molecular weight is 319 g/mol. The first kappa shape index (κ1) is 17.4. The molecular weight excluding hydrogens is 294 g/mol. The summed E-state index contributed by atoms with van der Waals surface area (Å²) in [5.41, 5.74) is 2.85. The van der Waals surface area contributed by atoms with Crippen LogP contribution in [-0.2, 0) is 9.59 Å². The number of carbonyl (C=O) groups is 2. The zero-order valence-corrected chi connectivity index (χ0v) is 14.0. The number of amides is 1. The van der Waals surface area contributed by atoms with Gasteiger partial charge in [-0.05, 0) is 44.2 Å². The van der Waals surface area contributed by atoms with Crippen molar-refractivity contribution in [3.05, 3.63) is 29.3 Å². The van der Waals surface area contributed by atoms with Crippen LogP contribution in [0.15, 0.2) is 18.2 Å². The highest BCUT2D eigenvalue weighted by Gasteiger charge is 2.30. The van der Waals surface area contributed by atoms with Crippen LogP contribution in [0.4, 0.5) is 5.69 Å². The molecule has 0 spiro atoms. The molecule has 126 valence electrons. The zero-order valence-electron chi connectivity index (χ0n) is 14.0. The van der Waals surface area contributed by atoms with Gasteiger partial charge in [-0.3, -0.25) is 14.5 Å². The molecule has 0 saturated carbocycles. The summed E-state index contributed by atoms with van der Waals surface area (Å²) in [5, 5.41) is 12.3. The third-order valence-electron chi connectivity index (χ3n) is 4.15. The van der Waals surface area contributed by atoms with Crippen molar-refractivity contribution >= 4 is 17.6 Å². The van der Waals surface area contributed by atoms with E-state index in [0.717, 1.165) is 29.9 Å². The topological polar surface area (TPSA) is 72.9 Å². The Labute approximate surface area is 137 Å². The minimum atomic E-state index is -0.940. The highest BCUT2D eigenvalue weighted by molar-refractivity contribution is 5.94. The molecule has 0 bridgehead atoms. The van der Waals surface area contributed by atoms with Crippen molar-refractivity contribution < 1.29 is 14.7 Å². The Morgan fingerprint density at radius 3 is 2.22 bits per heavy atom. The number of piperazine rings is 1. The maximum absolute atomic E-state index is 12.2. The Hall–Kier alpha value is -1.92. The molecule has 2 N–H and O–H groups in total. The summed E-state index contributed by atoms with van der Waals surface area (Å²) in [6.07, 6.45) is -0.0357. The molecule has 23 heavy (non-hydrogen) atoms. The molecule has 2 rings (SSSR count). The molecular formula is C17H25N3O3. The van der Waals surface area contributed by atoms with Crippen molar-refractivity contribution in [1.82, 2.24) is 9.80 Å². The van der Waals surface area contributed by atoms with Gasteiger partial charge in [0.2, 0.25) is 5.91 Å². The van der Waals surface area contributed by atoms with Gasteiger partial charge in [0.1, 0.15) is 6.04 Å². The second-order valence-corrected chi connectivity index (χ2v) is 6.32. The Bertz CT molecular complexity index is 560. The molecule has 6 nitrogen and oxygen atoms in total. The lowest BCUT2D eigenvalue weighted by atomic mass is 10.1. The number of aryl methyl sites for hydroxylation is 2. The van der Waals surface area contributed by atoms with Gasteiger partial charge in [-0.2, -0.15) is 0 Å². The van der Waals surface area contributed by atoms with Crippen LogP contribution in [0.2, 0.25) is 0 Å². The normalized spacial score (nSPS) is 17.7. The van der Waals surface area contributed by atoms with Crippen LogP contribution in [-0.4, -0.2) is 66.1 Å². The average Bonchev–Trinajstić information content (AvgIpc) is 2.44. The maximum atomic E-state index is 12.2. The molecule has 1 aliphatic heterocycles. The van der Waals surface area contributed by atoms with Gasteiger partial charge in [0, 0.05) is 31.9 Å². The van der Waals surface area contributed by atoms with Gasteiger partial charge in [-0.1, -0.05) is 6.07 Å². The van der Waals surface area contributed by atoms with Crippen LogP contribution >= 0.6 is 0 Å². The number of hydrogen-bond donors (Lipinski definition) is 2. The first-order valence-electron chi connectivity index (χ1n) is 7.88. The molecule has 0 radical (unpaired) electrons. The Kier molecular flexibility index (Phi) is 5.74. The minimum Gasteiger partial charge on any atom is -0.480 e. The first-order valence-corrected chi connectivity index (χ1v) is 7.88. The molecule has 0 unspecified atom stereocenters. The monoisotopic (exact) mass is 319 g/mol. The molecule has 1 heterocycles. The lowest BCUT2D eigenvalue weighted by Gasteiger charge is -2.35. The van der Waals surface area contributed by atoms with E-state index in [1.54, 1.807) is 0 Å². The number of carboxylic acid groups (broad SMARTS) is 1. The summed E-state index contributed by atoms with van der Waals surface area (Å²) in [6, 6.07) is 5.03. The molecule has 1 aromatic carbocycles. The van der Waals surface area contributed by atoms with E-state index in [9.17, 15) is 14.7 Å². The fourth-order valence-electron chi connectivity index (χ4n) is 2.94. The van der Waals surface area contributed by atoms with E-state index in [1.165, 1.54) is 0 Å². The van der Waals surface area contributed by atoms with Crippen LogP contribution in [0.1, 0.15) is 17.5 Å². The minimum absolute atomic E-state index is 0.0357. The van der Waals surface area contributed by atoms with Crippen LogP contribution in [0.5, 0.6) is 0 Å². The largest absolute Gasteiger partial charge is 0.480 e. The number of benzene rings is 1. The molecule has 0 aromatic heterocycles. The number of carbonyl (C=O) groups excluding carboxylic acids is 1. The molecule has 6 heteroatoms. The van der Waals surface area contributed by atoms with Crippen molar-refractivity contribution in [3.8, 4) is 0 Å². The van der Waals surface area contributed by atoms with Crippen molar-refractivity contribution in [2.45, 2.75) is 26.3 Å². The third-order valence-corrected chi connectivity index (χ3v) is 4.15. The van der Waals surface area contributed by atoms with Gasteiger partial charge in [-0.25, -0.2) is 0 Å². The number of nitrogens with one attached hydrogen (secondary N) is 1. The van der Waals surface area contributed by atoms with Crippen molar-refractivity contribution in [2.75, 3.05) is 38.5 Å². The second kappa shape index (κ2) is 7.57. The van der Waals surface area contributed by atoms with Gasteiger partial charge in [0.05, 0.1) is 6.42 Å². The lowest BCUT2D eigenvalue weighted by Crippen LogP contribution is -2.52. The number of carboxylic acids is 1. The standard InChI is InChI=1S/C17H25N3O3/c1-12-8-13(2)10-14(9-12)18-16(21)11-15(17(22)23)20-6-4-19(3)5-7-20/h8-10,15H,4-7,11H2,1-3H3,(H,18,21)(H,22,23)/t15-/m1/s1. The maximum Gasteiger partial charge on any atom is 0.321 e. The number of aliphatic carboxylic acids is 1. The quantitative estimate of drug-likeness (QED) is 0.857. The zero-order chi connectivity index (χ0) is 17.0. The van der Waals surface area contributed by atoms with Crippen LogP contribution in [0.3, 0.4) is 0 Å². The summed E-state index contributed by atoms with van der Waals surface area (Å²) < 4.78 is 0. The fourth-order valence-corrected chi connectivity index (χ4v) is 2.94. The number of rotatable bonds is 5. The molecule has 1 fully saturated rings. The molecule has 1 atom stereocenters. The highest BCUT2D eigenvalue weighted by atomic mass is 16.4. The third kappa shape index (κ3) is 5.04. The lowest BCUT2D eigenvalue weighted by molar-refractivity contribution is -0.145. The van der Waals surface area contributed by atoms with Crippen molar-refractivity contribution in [3.63, 3.8) is 0 Å². The molecule has 1 saturated heterocycles. The van der Waals surface area contributed by atoms with Crippen LogP contribution in [0, 0.1) is 13.8 Å². The predicted octanol–water partition coefficient (Wildman–Crippen LogP) is 1.33. The number of likely N-dealkylation sites (N-methyl/N-ethyl adjacent to an activating group) is 1. The van der Waals surface area contributed by atoms with Gasteiger partial charge in [-0.15, -0.1) is 0 Å². The van der Waals surface area contributed by atoms with Crippen LogP contribution in [0.25, 0.3) is 0 Å². The van der Waals surface area contributed by atoms with Gasteiger partial charge in [0.25, 0.3) is 0 Å². The van der Waals surface area contributed by atoms with Crippen molar-refractivity contribution in [2.24, 2.45) is 0 Å². The Balaban J connectivity index is 1.99. The van der Waals surface area contributed by atoms with E-state index < -0.39 is 12.0 Å². The number of nitrogens with zero attached hydrogens (tertiary/aromatic N) is 2. The van der Waals surface area contributed by atoms with Crippen molar-refractivity contribution in [1.29, 1.82) is 0 Å². The Morgan fingerprint density at radius 1 is 1.13 bits per heavy atom. The van der Waals surface area contributed by atoms with Gasteiger partial charge < -0.3 is 15.3 Å². The summed E-state index contributed by atoms with van der Waals surface area (Å²) >= 11 is 0.